The third kappa shape index (κ3) is 1.55. The van der Waals surface area contributed by atoms with E-state index in [1.54, 1.807) is 6.07 Å². The molecule has 0 saturated heterocycles. The summed E-state index contributed by atoms with van der Waals surface area (Å²) in [7, 11) is 0. The Morgan fingerprint density at radius 1 is 1.24 bits per heavy atom. The van der Waals surface area contributed by atoms with Crippen LogP contribution in [-0.4, -0.2) is 19.6 Å². The third-order valence-corrected chi connectivity index (χ3v) is 2.39. The summed E-state index contributed by atoms with van der Waals surface area (Å²) in [6, 6.07) is 11.0. The Balaban J connectivity index is 2.28. The molecule has 0 aliphatic carbocycles. The maximum Gasteiger partial charge on any atom is 0.349 e. The normalized spacial score (nSPS) is 10.8. The van der Waals surface area contributed by atoms with Gasteiger partial charge in [-0.05, 0) is 0 Å². The van der Waals surface area contributed by atoms with E-state index in [9.17, 15) is 4.79 Å². The third-order valence-electron chi connectivity index (χ3n) is 2.39. The van der Waals surface area contributed by atoms with Crippen molar-refractivity contribution in [3.05, 3.63) is 46.9 Å². The fourth-order valence-corrected chi connectivity index (χ4v) is 1.63. The van der Waals surface area contributed by atoms with Gasteiger partial charge < -0.3 is 5.73 Å². The highest BCUT2D eigenvalue weighted by Crippen LogP contribution is 2.14. The first-order chi connectivity index (χ1) is 8.24. The Bertz CT molecular complexity index is 728. The summed E-state index contributed by atoms with van der Waals surface area (Å²) in [6.45, 7) is 0. The summed E-state index contributed by atoms with van der Waals surface area (Å²) in [5, 5.41) is 4.13. The van der Waals surface area contributed by atoms with Crippen molar-refractivity contribution in [2.75, 3.05) is 5.73 Å². The van der Waals surface area contributed by atoms with Gasteiger partial charge in [0.05, 0.1) is 0 Å². The van der Waals surface area contributed by atoms with Gasteiger partial charge in [0.15, 0.2) is 11.5 Å². The summed E-state index contributed by atoms with van der Waals surface area (Å²) < 4.78 is 1.19. The molecule has 1 aromatic carbocycles. The van der Waals surface area contributed by atoms with E-state index in [2.05, 4.69) is 15.1 Å². The van der Waals surface area contributed by atoms with Crippen LogP contribution in [0.3, 0.4) is 0 Å². The van der Waals surface area contributed by atoms with E-state index in [-0.39, 0.29) is 5.82 Å². The highest BCUT2D eigenvalue weighted by atomic mass is 16.1. The Kier molecular flexibility index (Phi) is 1.94. The zero-order valence-corrected chi connectivity index (χ0v) is 8.79. The fourth-order valence-electron chi connectivity index (χ4n) is 1.63. The lowest BCUT2D eigenvalue weighted by Crippen LogP contribution is -2.18. The van der Waals surface area contributed by atoms with Gasteiger partial charge in [0.25, 0.3) is 0 Å². The summed E-state index contributed by atoms with van der Waals surface area (Å²) in [5.74, 6) is 0.774. The zero-order valence-electron chi connectivity index (χ0n) is 8.79. The van der Waals surface area contributed by atoms with Crippen molar-refractivity contribution in [3.8, 4) is 11.4 Å². The molecule has 0 saturated carbocycles. The molecule has 0 fully saturated rings. The molecule has 3 aromatic rings. The first-order valence-corrected chi connectivity index (χ1v) is 5.05. The van der Waals surface area contributed by atoms with Crippen LogP contribution in [-0.2, 0) is 0 Å². The topological polar surface area (TPSA) is 89.1 Å². The molecule has 2 aromatic heterocycles. The van der Waals surface area contributed by atoms with Crippen molar-refractivity contribution in [3.63, 3.8) is 0 Å². The molecule has 3 N–H and O–H groups in total. The fraction of sp³-hybridized carbons (Fsp3) is 0. The summed E-state index contributed by atoms with van der Waals surface area (Å²) in [5.41, 5.74) is 6.43. The first kappa shape index (κ1) is 9.59. The molecule has 0 unspecified atom stereocenters. The SMILES string of the molecule is Nc1cc2nc(-c3ccccc3)nn2c(=O)[nH]1. The minimum atomic E-state index is -0.394. The highest BCUT2D eigenvalue weighted by Gasteiger charge is 2.08. The molecule has 0 aliphatic rings. The molecule has 6 heteroatoms. The number of anilines is 1. The van der Waals surface area contributed by atoms with Gasteiger partial charge in [-0.1, -0.05) is 30.3 Å². The second-order valence-electron chi connectivity index (χ2n) is 3.60. The van der Waals surface area contributed by atoms with Crippen LogP contribution in [0.4, 0.5) is 5.82 Å². The van der Waals surface area contributed by atoms with Crippen molar-refractivity contribution in [1.29, 1.82) is 0 Å². The quantitative estimate of drug-likeness (QED) is 0.639. The van der Waals surface area contributed by atoms with E-state index < -0.39 is 5.69 Å². The molecule has 0 atom stereocenters. The molecule has 2 heterocycles. The van der Waals surface area contributed by atoms with Crippen molar-refractivity contribution < 1.29 is 0 Å². The van der Waals surface area contributed by atoms with Crippen LogP contribution >= 0.6 is 0 Å². The minimum absolute atomic E-state index is 0.273. The first-order valence-electron chi connectivity index (χ1n) is 5.05. The number of aromatic nitrogens is 4. The van der Waals surface area contributed by atoms with Gasteiger partial charge >= 0.3 is 5.69 Å². The van der Waals surface area contributed by atoms with E-state index in [0.29, 0.717) is 11.5 Å². The van der Waals surface area contributed by atoms with Crippen LogP contribution in [0, 0.1) is 0 Å². The average Bonchev–Trinajstić information content (AvgIpc) is 2.74. The number of hydrogen-bond acceptors (Lipinski definition) is 4. The van der Waals surface area contributed by atoms with E-state index in [1.807, 2.05) is 30.3 Å². The molecule has 6 nitrogen and oxygen atoms in total. The van der Waals surface area contributed by atoms with Crippen molar-refractivity contribution in [1.82, 2.24) is 19.6 Å². The Morgan fingerprint density at radius 3 is 2.76 bits per heavy atom. The number of rotatable bonds is 1. The largest absolute Gasteiger partial charge is 0.385 e. The molecule has 0 radical (unpaired) electrons. The van der Waals surface area contributed by atoms with Gasteiger partial charge in [0.1, 0.15) is 5.82 Å². The smallest absolute Gasteiger partial charge is 0.349 e. The number of nitrogen functional groups attached to an aromatic ring is 1. The second-order valence-corrected chi connectivity index (χ2v) is 3.60. The Hall–Kier alpha value is -2.63. The van der Waals surface area contributed by atoms with E-state index in [0.717, 1.165) is 5.56 Å². The van der Waals surface area contributed by atoms with Gasteiger partial charge in [0, 0.05) is 11.6 Å². The number of nitrogens with zero attached hydrogens (tertiary/aromatic N) is 3. The maximum atomic E-state index is 11.6. The van der Waals surface area contributed by atoms with Crippen molar-refractivity contribution in [2.45, 2.75) is 0 Å². The molecular formula is C11H9N5O. The number of nitrogens with two attached hydrogens (primary N) is 1. The van der Waals surface area contributed by atoms with Crippen molar-refractivity contribution in [2.24, 2.45) is 0 Å². The van der Waals surface area contributed by atoms with Gasteiger partial charge in [-0.25, -0.2) is 9.78 Å². The van der Waals surface area contributed by atoms with Gasteiger partial charge in [-0.2, -0.15) is 4.52 Å². The Labute approximate surface area is 95.7 Å². The molecule has 0 bridgehead atoms. The number of aromatic amines is 1. The Morgan fingerprint density at radius 2 is 2.00 bits per heavy atom. The monoisotopic (exact) mass is 227 g/mol. The second kappa shape index (κ2) is 3.44. The van der Waals surface area contributed by atoms with Crippen LogP contribution < -0.4 is 11.4 Å². The maximum absolute atomic E-state index is 11.6. The lowest BCUT2D eigenvalue weighted by Gasteiger charge is -1.91. The van der Waals surface area contributed by atoms with Gasteiger partial charge in [0.2, 0.25) is 0 Å². The van der Waals surface area contributed by atoms with E-state index in [4.69, 9.17) is 5.73 Å². The number of nitrogens with one attached hydrogen (secondary N) is 1. The van der Waals surface area contributed by atoms with Crippen LogP contribution in [0.1, 0.15) is 0 Å². The summed E-state index contributed by atoms with van der Waals surface area (Å²) >= 11 is 0. The predicted molar refractivity (Wildman–Crippen MR) is 63.5 cm³/mol. The summed E-state index contributed by atoms with van der Waals surface area (Å²) in [4.78, 5) is 18.3. The summed E-state index contributed by atoms with van der Waals surface area (Å²) in [6.07, 6.45) is 0. The molecule has 84 valence electrons. The number of benzene rings is 1. The number of H-pyrrole nitrogens is 1. The average molecular weight is 227 g/mol. The zero-order chi connectivity index (χ0) is 11.8. The van der Waals surface area contributed by atoms with Crippen LogP contribution in [0.5, 0.6) is 0 Å². The van der Waals surface area contributed by atoms with Crippen LogP contribution in [0.2, 0.25) is 0 Å². The van der Waals surface area contributed by atoms with E-state index in [1.165, 1.54) is 4.52 Å². The predicted octanol–water partition coefficient (Wildman–Crippen LogP) is 0.667. The van der Waals surface area contributed by atoms with Gasteiger partial charge in [-0.3, -0.25) is 4.98 Å². The van der Waals surface area contributed by atoms with Crippen molar-refractivity contribution >= 4 is 11.5 Å². The van der Waals surface area contributed by atoms with Crippen LogP contribution in [0.25, 0.3) is 17.0 Å². The molecular weight excluding hydrogens is 218 g/mol. The molecule has 0 spiro atoms. The molecule has 3 rings (SSSR count). The number of hydrogen-bond donors (Lipinski definition) is 2. The van der Waals surface area contributed by atoms with E-state index >= 15 is 0 Å². The number of fused-ring (bicyclic) bond motifs is 1. The minimum Gasteiger partial charge on any atom is -0.385 e. The lowest BCUT2D eigenvalue weighted by atomic mass is 10.2. The molecule has 0 amide bonds. The molecule has 17 heavy (non-hydrogen) atoms. The lowest BCUT2D eigenvalue weighted by molar-refractivity contribution is 0.875. The standard InChI is InChI=1S/C11H9N5O/c12-8-6-9-14-10(7-4-2-1-3-5-7)15-16(9)11(17)13-8/h1-6H,12H2,(H,13,17). The van der Waals surface area contributed by atoms with Gasteiger partial charge in [-0.15, -0.1) is 5.10 Å². The highest BCUT2D eigenvalue weighted by molar-refractivity contribution is 5.58. The molecule has 0 aliphatic heterocycles. The van der Waals surface area contributed by atoms with Crippen LogP contribution in [0.15, 0.2) is 41.2 Å².